The van der Waals surface area contributed by atoms with Crippen molar-refractivity contribution in [3.8, 4) is 0 Å². The van der Waals surface area contributed by atoms with Gasteiger partial charge >= 0.3 is 11.7 Å². The summed E-state index contributed by atoms with van der Waals surface area (Å²) in [6.07, 6.45) is 0. The van der Waals surface area contributed by atoms with Gasteiger partial charge in [0.05, 0.1) is 6.61 Å². The van der Waals surface area contributed by atoms with E-state index < -0.39 is 11.7 Å². The zero-order chi connectivity index (χ0) is 12.1. The van der Waals surface area contributed by atoms with Gasteiger partial charge < -0.3 is 15.9 Å². The monoisotopic (exact) mass is 229 g/mol. The van der Waals surface area contributed by atoms with Crippen LogP contribution in [0.3, 0.4) is 0 Å². The molecule has 8 nitrogen and oxygen atoms in total. The molecule has 0 aliphatic carbocycles. The fraction of sp³-hybridized carbons (Fsp3) is 0.625. The number of hydrogen-bond donors (Lipinski definition) is 2. The molecule has 0 aromatic carbocycles. The maximum atomic E-state index is 11.5. The molecule has 1 rings (SSSR count). The van der Waals surface area contributed by atoms with Gasteiger partial charge in [-0.2, -0.15) is 4.68 Å². The topological polar surface area (TPSA) is 104 Å². The summed E-state index contributed by atoms with van der Waals surface area (Å²) in [4.78, 5) is 22.8. The first-order chi connectivity index (χ1) is 7.57. The third-order valence-electron chi connectivity index (χ3n) is 1.90. The van der Waals surface area contributed by atoms with Crippen LogP contribution >= 0.6 is 0 Å². The molecule has 0 unspecified atom stereocenters. The van der Waals surface area contributed by atoms with Crippen LogP contribution in [0, 0.1) is 6.92 Å². The summed E-state index contributed by atoms with van der Waals surface area (Å²) in [5, 5.41) is 6.18. The molecule has 1 heterocycles. The van der Waals surface area contributed by atoms with Crippen LogP contribution in [0.5, 0.6) is 0 Å². The molecule has 0 bridgehead atoms. The fourth-order valence-corrected chi connectivity index (χ4v) is 1.06. The van der Waals surface area contributed by atoms with Crippen LogP contribution in [0.1, 0.15) is 12.7 Å². The molecule has 0 aliphatic heterocycles. The van der Waals surface area contributed by atoms with Gasteiger partial charge in [0.25, 0.3) is 0 Å². The van der Waals surface area contributed by atoms with Gasteiger partial charge in [-0.15, -0.1) is 9.78 Å². The minimum Gasteiger partial charge on any atom is -0.380 e. The van der Waals surface area contributed by atoms with E-state index in [1.54, 1.807) is 0 Å². The molecule has 0 atom stereocenters. The lowest BCUT2D eigenvalue weighted by molar-refractivity contribution is 0.149. The van der Waals surface area contributed by atoms with Crippen molar-refractivity contribution < 1.29 is 9.53 Å². The summed E-state index contributed by atoms with van der Waals surface area (Å²) >= 11 is 0. The Morgan fingerprint density at radius 2 is 2.31 bits per heavy atom. The van der Waals surface area contributed by atoms with Gasteiger partial charge in [0, 0.05) is 13.2 Å². The standard InChI is InChI=1S/C8H15N5O3/c1-3-16-5-4-10-7(14)13-8(15)12(9)6(2)11-13/h3-5,9H2,1-2H3,(H,10,14). The Morgan fingerprint density at radius 3 is 2.81 bits per heavy atom. The van der Waals surface area contributed by atoms with E-state index in [2.05, 4.69) is 10.4 Å². The molecular weight excluding hydrogens is 214 g/mol. The zero-order valence-electron chi connectivity index (χ0n) is 9.27. The van der Waals surface area contributed by atoms with Crippen LogP contribution in [-0.4, -0.2) is 40.2 Å². The largest absolute Gasteiger partial charge is 0.380 e. The fourth-order valence-electron chi connectivity index (χ4n) is 1.06. The molecule has 8 heteroatoms. The SMILES string of the molecule is CCOCCNC(=O)n1nc(C)n(N)c1=O. The number of amides is 1. The summed E-state index contributed by atoms with van der Waals surface area (Å²) in [6.45, 7) is 4.67. The van der Waals surface area contributed by atoms with Crippen molar-refractivity contribution in [3.05, 3.63) is 16.3 Å². The van der Waals surface area contributed by atoms with E-state index in [4.69, 9.17) is 10.6 Å². The van der Waals surface area contributed by atoms with Crippen LogP contribution < -0.4 is 16.8 Å². The second-order valence-electron chi connectivity index (χ2n) is 3.04. The summed E-state index contributed by atoms with van der Waals surface area (Å²) in [6, 6.07) is -0.614. The Hall–Kier alpha value is -1.83. The average molecular weight is 229 g/mol. The van der Waals surface area contributed by atoms with E-state index in [-0.39, 0.29) is 5.82 Å². The predicted octanol–water partition coefficient (Wildman–Crippen LogP) is -1.34. The van der Waals surface area contributed by atoms with Gasteiger partial charge in [-0.05, 0) is 13.8 Å². The van der Waals surface area contributed by atoms with Crippen molar-refractivity contribution in [2.45, 2.75) is 13.8 Å². The van der Waals surface area contributed by atoms with E-state index in [1.807, 2.05) is 6.92 Å². The molecule has 0 aliphatic rings. The lowest BCUT2D eigenvalue weighted by Gasteiger charge is -2.03. The molecule has 0 radical (unpaired) electrons. The van der Waals surface area contributed by atoms with Crippen LogP contribution in [-0.2, 0) is 4.74 Å². The molecular formula is C8H15N5O3. The summed E-state index contributed by atoms with van der Waals surface area (Å²) in [5.41, 5.74) is -0.675. The quantitative estimate of drug-likeness (QED) is 0.491. The third kappa shape index (κ3) is 2.60. The Balaban J connectivity index is 2.60. The zero-order valence-corrected chi connectivity index (χ0v) is 9.27. The number of nitrogens with zero attached hydrogens (tertiary/aromatic N) is 3. The molecule has 16 heavy (non-hydrogen) atoms. The van der Waals surface area contributed by atoms with Crippen LogP contribution in [0.25, 0.3) is 0 Å². The Morgan fingerprint density at radius 1 is 1.62 bits per heavy atom. The molecule has 1 aromatic heterocycles. The van der Waals surface area contributed by atoms with Crippen LogP contribution in [0.4, 0.5) is 4.79 Å². The minimum absolute atomic E-state index is 0.268. The van der Waals surface area contributed by atoms with Gasteiger partial charge in [0.15, 0.2) is 5.82 Å². The van der Waals surface area contributed by atoms with Gasteiger partial charge in [-0.25, -0.2) is 9.59 Å². The second kappa shape index (κ2) is 5.31. The first kappa shape index (κ1) is 12.2. The molecule has 0 saturated heterocycles. The first-order valence-electron chi connectivity index (χ1n) is 4.87. The highest BCUT2D eigenvalue weighted by Gasteiger charge is 2.13. The number of carbonyl (C=O) groups excluding carboxylic acids is 1. The molecule has 3 N–H and O–H groups in total. The molecule has 1 aromatic rings. The average Bonchev–Trinajstić information content (AvgIpc) is 2.52. The number of hydrogen-bond acceptors (Lipinski definition) is 5. The lowest BCUT2D eigenvalue weighted by Crippen LogP contribution is -2.40. The number of carbonyl (C=O) groups is 1. The highest BCUT2D eigenvalue weighted by atomic mass is 16.5. The number of aromatic nitrogens is 3. The van der Waals surface area contributed by atoms with Crippen molar-refractivity contribution in [2.24, 2.45) is 0 Å². The van der Waals surface area contributed by atoms with Crippen LogP contribution in [0.2, 0.25) is 0 Å². The summed E-state index contributed by atoms with van der Waals surface area (Å²) in [5.74, 6) is 5.60. The molecule has 0 fully saturated rings. The summed E-state index contributed by atoms with van der Waals surface area (Å²) in [7, 11) is 0. The Labute approximate surface area is 92.0 Å². The molecule has 90 valence electrons. The number of nitrogens with one attached hydrogen (secondary N) is 1. The molecule has 0 spiro atoms. The lowest BCUT2D eigenvalue weighted by atomic mass is 10.6. The summed E-state index contributed by atoms with van der Waals surface area (Å²) < 4.78 is 6.52. The molecule has 0 saturated carbocycles. The predicted molar refractivity (Wildman–Crippen MR) is 56.7 cm³/mol. The highest BCUT2D eigenvalue weighted by molar-refractivity contribution is 5.75. The van der Waals surface area contributed by atoms with E-state index in [0.29, 0.717) is 24.4 Å². The van der Waals surface area contributed by atoms with Crippen molar-refractivity contribution in [1.29, 1.82) is 0 Å². The normalized spacial score (nSPS) is 10.4. The minimum atomic E-state index is -0.675. The number of rotatable bonds is 4. The maximum Gasteiger partial charge on any atom is 0.373 e. The number of aryl methyl sites for hydroxylation is 1. The van der Waals surface area contributed by atoms with Gasteiger partial charge in [0.2, 0.25) is 0 Å². The first-order valence-corrected chi connectivity index (χ1v) is 4.87. The van der Waals surface area contributed by atoms with Crippen molar-refractivity contribution in [2.75, 3.05) is 25.6 Å². The third-order valence-corrected chi connectivity index (χ3v) is 1.90. The maximum absolute atomic E-state index is 11.5. The second-order valence-corrected chi connectivity index (χ2v) is 3.04. The van der Waals surface area contributed by atoms with Gasteiger partial charge in [0.1, 0.15) is 0 Å². The highest BCUT2D eigenvalue weighted by Crippen LogP contribution is 1.83. The van der Waals surface area contributed by atoms with E-state index in [1.165, 1.54) is 6.92 Å². The van der Waals surface area contributed by atoms with Crippen LogP contribution in [0.15, 0.2) is 4.79 Å². The smallest absolute Gasteiger partial charge is 0.373 e. The van der Waals surface area contributed by atoms with Gasteiger partial charge in [-0.1, -0.05) is 0 Å². The van der Waals surface area contributed by atoms with E-state index in [0.717, 1.165) is 4.68 Å². The van der Waals surface area contributed by atoms with E-state index >= 15 is 0 Å². The number of nitrogen functional groups attached to an aromatic ring is 1. The Kier molecular flexibility index (Phi) is 4.06. The van der Waals surface area contributed by atoms with Crippen molar-refractivity contribution in [3.63, 3.8) is 0 Å². The van der Waals surface area contributed by atoms with E-state index in [9.17, 15) is 9.59 Å². The molecule has 1 amide bonds. The van der Waals surface area contributed by atoms with Crippen molar-refractivity contribution in [1.82, 2.24) is 19.8 Å². The number of ether oxygens (including phenoxy) is 1. The number of nitrogens with two attached hydrogens (primary N) is 1. The van der Waals surface area contributed by atoms with Crippen molar-refractivity contribution >= 4 is 6.03 Å². The Bertz CT molecular complexity index is 422. The van der Waals surface area contributed by atoms with Gasteiger partial charge in [-0.3, -0.25) is 0 Å².